The van der Waals surface area contributed by atoms with E-state index in [1.54, 1.807) is 0 Å². The molecule has 2 heteroatoms. The first-order valence-electron chi connectivity index (χ1n) is 4.80. The van der Waals surface area contributed by atoms with E-state index in [0.29, 0.717) is 0 Å². The summed E-state index contributed by atoms with van der Waals surface area (Å²) in [5.41, 5.74) is 0. The van der Waals surface area contributed by atoms with Crippen molar-refractivity contribution in [1.82, 2.24) is 0 Å². The lowest BCUT2D eigenvalue weighted by atomic mass is 10.1. The Labute approximate surface area is 74.9 Å². The van der Waals surface area contributed by atoms with E-state index in [0.717, 1.165) is 19.1 Å². The zero-order valence-electron chi connectivity index (χ0n) is 7.87. The number of aliphatic hydroxyl groups is 2. The van der Waals surface area contributed by atoms with Gasteiger partial charge in [0.15, 0.2) is 0 Å². The molecule has 0 aliphatic rings. The minimum Gasteiger partial charge on any atom is -0.516 e. The monoisotopic (exact) mass is 172 g/mol. The van der Waals surface area contributed by atoms with E-state index in [9.17, 15) is 0 Å². The normalized spacial score (nSPS) is 13.8. The molecule has 0 saturated carbocycles. The van der Waals surface area contributed by atoms with Crippen LogP contribution in [0, 0.1) is 0 Å². The predicted octanol–water partition coefficient (Wildman–Crippen LogP) is 2.78. The van der Waals surface area contributed by atoms with Crippen molar-refractivity contribution in [3.8, 4) is 0 Å². The second-order valence-electron chi connectivity index (χ2n) is 3.11. The molecule has 0 aromatic rings. The molecule has 0 aromatic heterocycles. The van der Waals surface area contributed by atoms with E-state index < -0.39 is 6.10 Å². The van der Waals surface area contributed by atoms with E-state index >= 15 is 0 Å². The topological polar surface area (TPSA) is 40.5 Å². The predicted molar refractivity (Wildman–Crippen MR) is 51.2 cm³/mol. The van der Waals surface area contributed by atoms with Crippen LogP contribution < -0.4 is 0 Å². The van der Waals surface area contributed by atoms with Gasteiger partial charge in [-0.05, 0) is 12.5 Å². The van der Waals surface area contributed by atoms with Crippen LogP contribution in [0.15, 0.2) is 12.3 Å². The van der Waals surface area contributed by atoms with Crippen LogP contribution in [0.4, 0.5) is 0 Å². The summed E-state index contributed by atoms with van der Waals surface area (Å²) in [5.74, 6) is 0. The molecule has 0 saturated heterocycles. The molecule has 0 rings (SSSR count). The molecular weight excluding hydrogens is 152 g/mol. The zero-order chi connectivity index (χ0) is 9.23. The maximum atomic E-state index is 9.16. The summed E-state index contributed by atoms with van der Waals surface area (Å²) >= 11 is 0. The summed E-state index contributed by atoms with van der Waals surface area (Å²) in [6.45, 7) is 2.18. The zero-order valence-corrected chi connectivity index (χ0v) is 7.87. The minimum atomic E-state index is -0.461. The molecule has 0 aromatic carbocycles. The van der Waals surface area contributed by atoms with Gasteiger partial charge in [0, 0.05) is 0 Å². The Kier molecular flexibility index (Phi) is 8.24. The first-order chi connectivity index (χ1) is 5.81. The fourth-order valence-electron chi connectivity index (χ4n) is 1.15. The van der Waals surface area contributed by atoms with E-state index in [2.05, 4.69) is 6.92 Å². The van der Waals surface area contributed by atoms with Crippen LogP contribution in [0.1, 0.15) is 45.4 Å². The Hall–Kier alpha value is -0.500. The molecule has 0 bridgehead atoms. The molecule has 0 fully saturated rings. The van der Waals surface area contributed by atoms with E-state index in [1.165, 1.54) is 31.8 Å². The molecule has 1 unspecified atom stereocenters. The van der Waals surface area contributed by atoms with Crippen LogP contribution in [-0.2, 0) is 0 Å². The van der Waals surface area contributed by atoms with Crippen molar-refractivity contribution < 1.29 is 10.2 Å². The summed E-state index contributed by atoms with van der Waals surface area (Å²) in [6.07, 6.45) is 8.65. The number of hydrogen-bond donors (Lipinski definition) is 2. The standard InChI is InChI=1S/C10H20O2/c1-2-3-4-5-6-7-10(12)8-9-11/h8-12H,2-7H2,1H3. The van der Waals surface area contributed by atoms with Crippen LogP contribution in [0.25, 0.3) is 0 Å². The second-order valence-corrected chi connectivity index (χ2v) is 3.11. The average Bonchev–Trinajstić information content (AvgIpc) is 2.05. The van der Waals surface area contributed by atoms with Crippen molar-refractivity contribution >= 4 is 0 Å². The van der Waals surface area contributed by atoms with Gasteiger partial charge in [0.2, 0.25) is 0 Å². The van der Waals surface area contributed by atoms with Crippen molar-refractivity contribution in [2.45, 2.75) is 51.6 Å². The van der Waals surface area contributed by atoms with E-state index in [1.807, 2.05) is 0 Å². The highest BCUT2D eigenvalue weighted by molar-refractivity contribution is 4.81. The number of hydrogen-bond acceptors (Lipinski definition) is 2. The van der Waals surface area contributed by atoms with Gasteiger partial charge in [-0.15, -0.1) is 0 Å². The van der Waals surface area contributed by atoms with Gasteiger partial charge in [0.25, 0.3) is 0 Å². The molecule has 0 spiro atoms. The Morgan fingerprint density at radius 1 is 1.17 bits per heavy atom. The van der Waals surface area contributed by atoms with Crippen LogP contribution in [-0.4, -0.2) is 16.3 Å². The van der Waals surface area contributed by atoms with Crippen molar-refractivity contribution in [2.24, 2.45) is 0 Å². The molecule has 1 atom stereocenters. The minimum absolute atomic E-state index is 0.461. The molecule has 0 amide bonds. The number of aliphatic hydroxyl groups excluding tert-OH is 2. The van der Waals surface area contributed by atoms with Crippen molar-refractivity contribution in [1.29, 1.82) is 0 Å². The van der Waals surface area contributed by atoms with Gasteiger partial charge in [-0.25, -0.2) is 0 Å². The molecule has 12 heavy (non-hydrogen) atoms. The quantitative estimate of drug-likeness (QED) is 0.458. The lowest BCUT2D eigenvalue weighted by Gasteiger charge is -2.03. The Morgan fingerprint density at radius 2 is 1.83 bits per heavy atom. The van der Waals surface area contributed by atoms with Gasteiger partial charge in [-0.1, -0.05) is 39.0 Å². The molecule has 72 valence electrons. The van der Waals surface area contributed by atoms with Crippen molar-refractivity contribution in [3.63, 3.8) is 0 Å². The highest BCUT2D eigenvalue weighted by Gasteiger charge is 1.97. The molecule has 0 radical (unpaired) electrons. The van der Waals surface area contributed by atoms with Crippen LogP contribution in [0.2, 0.25) is 0 Å². The maximum Gasteiger partial charge on any atom is 0.0777 e. The second kappa shape index (κ2) is 8.60. The van der Waals surface area contributed by atoms with Gasteiger partial charge < -0.3 is 10.2 Å². The van der Waals surface area contributed by atoms with Gasteiger partial charge in [0.05, 0.1) is 12.4 Å². The summed E-state index contributed by atoms with van der Waals surface area (Å²) in [4.78, 5) is 0. The third-order valence-electron chi connectivity index (χ3n) is 1.91. The Bertz CT molecular complexity index is 110. The Balaban J connectivity index is 3.08. The maximum absolute atomic E-state index is 9.16. The van der Waals surface area contributed by atoms with E-state index in [-0.39, 0.29) is 0 Å². The largest absolute Gasteiger partial charge is 0.516 e. The molecule has 0 aliphatic carbocycles. The van der Waals surface area contributed by atoms with E-state index in [4.69, 9.17) is 10.2 Å². The molecule has 2 N–H and O–H groups in total. The van der Waals surface area contributed by atoms with Crippen molar-refractivity contribution in [2.75, 3.05) is 0 Å². The van der Waals surface area contributed by atoms with Crippen LogP contribution >= 0.6 is 0 Å². The van der Waals surface area contributed by atoms with Gasteiger partial charge in [0.1, 0.15) is 0 Å². The lowest BCUT2D eigenvalue weighted by molar-refractivity contribution is 0.205. The van der Waals surface area contributed by atoms with Crippen LogP contribution in [0.3, 0.4) is 0 Å². The summed E-state index contributed by atoms with van der Waals surface area (Å²) in [5, 5.41) is 17.5. The van der Waals surface area contributed by atoms with Crippen LogP contribution in [0.5, 0.6) is 0 Å². The van der Waals surface area contributed by atoms with Gasteiger partial charge >= 0.3 is 0 Å². The fourth-order valence-corrected chi connectivity index (χ4v) is 1.15. The third-order valence-corrected chi connectivity index (χ3v) is 1.91. The molecular formula is C10H20O2. The molecule has 2 nitrogen and oxygen atoms in total. The number of rotatable bonds is 7. The fraction of sp³-hybridized carbons (Fsp3) is 0.800. The first-order valence-corrected chi connectivity index (χ1v) is 4.80. The summed E-state index contributed by atoms with van der Waals surface area (Å²) in [7, 11) is 0. The highest BCUT2D eigenvalue weighted by atomic mass is 16.3. The average molecular weight is 172 g/mol. The van der Waals surface area contributed by atoms with Crippen molar-refractivity contribution in [3.05, 3.63) is 12.3 Å². The highest BCUT2D eigenvalue weighted by Crippen LogP contribution is 2.07. The Morgan fingerprint density at radius 3 is 2.42 bits per heavy atom. The molecule has 0 heterocycles. The lowest BCUT2D eigenvalue weighted by Crippen LogP contribution is -2.01. The van der Waals surface area contributed by atoms with Gasteiger partial charge in [-0.2, -0.15) is 0 Å². The first kappa shape index (κ1) is 11.5. The smallest absolute Gasteiger partial charge is 0.0777 e. The SMILES string of the molecule is CCCCCCCC(O)C=CO. The van der Waals surface area contributed by atoms with Gasteiger partial charge in [-0.3, -0.25) is 0 Å². The molecule has 0 aliphatic heterocycles. The summed E-state index contributed by atoms with van der Waals surface area (Å²) < 4.78 is 0. The number of unbranched alkanes of at least 4 members (excludes halogenated alkanes) is 4. The third kappa shape index (κ3) is 7.61. The summed E-state index contributed by atoms with van der Waals surface area (Å²) in [6, 6.07) is 0.